The number of nitro groups is 1. The van der Waals surface area contributed by atoms with Crippen molar-refractivity contribution >= 4 is 58.9 Å². The van der Waals surface area contributed by atoms with Crippen molar-refractivity contribution in [3.63, 3.8) is 0 Å². The van der Waals surface area contributed by atoms with E-state index in [1.54, 1.807) is 13.0 Å². The summed E-state index contributed by atoms with van der Waals surface area (Å²) in [6.07, 6.45) is -0.381. The third-order valence-corrected chi connectivity index (χ3v) is 14.6. The molecular formula is C48H60N4O18. The normalized spacial score (nSPS) is 30.8. The smallest absolute Gasteiger partial charge is 0.409 e. The van der Waals surface area contributed by atoms with Gasteiger partial charge in [0.1, 0.15) is 30.1 Å². The number of ether oxygens (including phenoxy) is 6. The summed E-state index contributed by atoms with van der Waals surface area (Å²) in [6, 6.07) is 2.22. The minimum absolute atomic E-state index is 0.0227. The van der Waals surface area contributed by atoms with Gasteiger partial charge in [0.2, 0.25) is 23.9 Å². The Bertz CT molecular complexity index is 2400. The van der Waals surface area contributed by atoms with Crippen LogP contribution in [-0.4, -0.2) is 150 Å². The number of nitro benzene ring substituents is 1. The number of aliphatic hydroxyl groups is 1. The molecule has 22 heteroatoms. The number of nitrogens with zero attached hydrogens (tertiary/aromatic N) is 3. The molecular weight excluding hydrogens is 921 g/mol. The van der Waals surface area contributed by atoms with E-state index in [9.17, 15) is 58.4 Å². The molecule has 1 aromatic rings. The molecule has 380 valence electrons. The van der Waals surface area contributed by atoms with Gasteiger partial charge in [-0.25, -0.2) is 4.79 Å². The van der Waals surface area contributed by atoms with Crippen molar-refractivity contribution in [2.75, 3.05) is 40.4 Å². The van der Waals surface area contributed by atoms with E-state index in [0.717, 1.165) is 44.2 Å². The van der Waals surface area contributed by atoms with Crippen molar-refractivity contribution in [2.45, 2.75) is 116 Å². The van der Waals surface area contributed by atoms with E-state index in [4.69, 9.17) is 28.4 Å². The van der Waals surface area contributed by atoms with Crippen LogP contribution in [0, 0.1) is 38.7 Å². The molecule has 1 saturated heterocycles. The van der Waals surface area contributed by atoms with Crippen molar-refractivity contribution < 1.29 is 81.6 Å². The molecule has 2 N–H and O–H groups in total. The van der Waals surface area contributed by atoms with Crippen molar-refractivity contribution in [2.24, 2.45) is 28.6 Å². The Kier molecular flexibility index (Phi) is 15.7. The Morgan fingerprint density at radius 2 is 1.60 bits per heavy atom. The molecule has 3 amide bonds. The quantitative estimate of drug-likeness (QED) is 0.104. The largest absolute Gasteiger partial charge is 0.463 e. The molecule has 70 heavy (non-hydrogen) atoms. The molecule has 1 heterocycles. The second-order valence-corrected chi connectivity index (χ2v) is 19.2. The lowest BCUT2D eigenvalue weighted by Crippen LogP contribution is -2.67. The van der Waals surface area contributed by atoms with Gasteiger partial charge in [0.15, 0.2) is 30.3 Å². The lowest BCUT2D eigenvalue weighted by Gasteiger charge is -2.56. The molecule has 1 aromatic carbocycles. The fraction of sp³-hybridized carbons (Fsp3) is 0.604. The van der Waals surface area contributed by atoms with Crippen LogP contribution in [-0.2, 0) is 68.5 Å². The monoisotopic (exact) mass is 980 g/mol. The number of rotatable bonds is 16. The minimum atomic E-state index is -1.92. The fourth-order valence-corrected chi connectivity index (χ4v) is 11.1. The number of allylic oxidation sites excluding steroid dienone is 4. The van der Waals surface area contributed by atoms with E-state index < -0.39 is 118 Å². The molecule has 6 rings (SSSR count). The van der Waals surface area contributed by atoms with E-state index in [1.807, 2.05) is 13.0 Å². The second-order valence-electron chi connectivity index (χ2n) is 19.2. The summed E-state index contributed by atoms with van der Waals surface area (Å²) in [5.74, 6) is -5.54. The van der Waals surface area contributed by atoms with Crippen molar-refractivity contribution in [1.29, 1.82) is 0 Å². The van der Waals surface area contributed by atoms with Gasteiger partial charge >= 0.3 is 29.7 Å². The number of amides is 3. The van der Waals surface area contributed by atoms with Gasteiger partial charge < -0.3 is 48.6 Å². The summed E-state index contributed by atoms with van der Waals surface area (Å²) in [4.78, 5) is 129. The molecule has 0 bridgehead atoms. The van der Waals surface area contributed by atoms with Gasteiger partial charge in [-0.2, -0.15) is 0 Å². The van der Waals surface area contributed by atoms with Crippen LogP contribution in [0.1, 0.15) is 79.2 Å². The number of carbonyl (C=O) groups is 9. The van der Waals surface area contributed by atoms with Crippen LogP contribution in [0.5, 0.6) is 5.75 Å². The van der Waals surface area contributed by atoms with Gasteiger partial charge in [0, 0.05) is 84.1 Å². The Balaban J connectivity index is 1.05. The molecule has 4 fully saturated rings. The van der Waals surface area contributed by atoms with Crippen LogP contribution in [0.2, 0.25) is 0 Å². The third kappa shape index (κ3) is 10.8. The topological polar surface area (TPSA) is 291 Å². The number of ketones is 3. The van der Waals surface area contributed by atoms with Gasteiger partial charge in [-0.15, -0.1) is 0 Å². The summed E-state index contributed by atoms with van der Waals surface area (Å²) in [5.41, 5.74) is -3.14. The molecule has 5 aliphatic rings. The first-order chi connectivity index (χ1) is 32.8. The highest BCUT2D eigenvalue weighted by molar-refractivity contribution is 6.02. The van der Waals surface area contributed by atoms with Gasteiger partial charge in [0.25, 0.3) is 0 Å². The number of hydrogen-bond acceptors (Lipinski definition) is 18. The first kappa shape index (κ1) is 52.8. The predicted octanol–water partition coefficient (Wildman–Crippen LogP) is 2.49. The van der Waals surface area contributed by atoms with E-state index in [1.165, 1.54) is 37.2 Å². The summed E-state index contributed by atoms with van der Waals surface area (Å²) in [7, 11) is 2.84. The van der Waals surface area contributed by atoms with Gasteiger partial charge in [-0.05, 0) is 61.3 Å². The maximum Gasteiger partial charge on any atom is 0.409 e. The van der Waals surface area contributed by atoms with Crippen LogP contribution in [0.25, 0.3) is 0 Å². The Hall–Kier alpha value is -6.55. The molecule has 1 aliphatic heterocycles. The second kappa shape index (κ2) is 20.8. The van der Waals surface area contributed by atoms with Crippen LogP contribution in [0.15, 0.2) is 42.0 Å². The number of Topliss-reactive ketones (excluding diaryl/α,β-unsaturated/α-hetero) is 2. The summed E-state index contributed by atoms with van der Waals surface area (Å²) in [6.45, 7) is 6.74. The van der Waals surface area contributed by atoms with E-state index in [0.29, 0.717) is 19.3 Å². The number of fused-ring (bicyclic) bond motifs is 5. The first-order valence-electron chi connectivity index (χ1n) is 23.0. The number of benzene rings is 1. The Morgan fingerprint density at radius 1 is 0.929 bits per heavy atom. The van der Waals surface area contributed by atoms with Gasteiger partial charge in [-0.3, -0.25) is 48.5 Å². The molecule has 11 atom stereocenters. The number of nitrogens with one attached hydrogen (secondary N) is 1. The van der Waals surface area contributed by atoms with Crippen molar-refractivity contribution in [3.8, 4) is 5.75 Å². The Morgan fingerprint density at radius 3 is 2.24 bits per heavy atom. The zero-order chi connectivity index (χ0) is 51.6. The van der Waals surface area contributed by atoms with Crippen molar-refractivity contribution in [1.82, 2.24) is 15.1 Å². The zero-order valence-electron chi connectivity index (χ0n) is 40.4. The highest BCUT2D eigenvalue weighted by Crippen LogP contribution is 2.66. The summed E-state index contributed by atoms with van der Waals surface area (Å²) >= 11 is 0. The van der Waals surface area contributed by atoms with E-state index in [-0.39, 0.29) is 67.2 Å². The molecule has 0 spiro atoms. The van der Waals surface area contributed by atoms with E-state index >= 15 is 0 Å². The number of hydrogen-bond donors (Lipinski definition) is 2. The SMILES string of the molecule is CC(=O)N[C@H]1[C@H](Oc2ccc(CC(=O)N(C)CCN(C)C(=O)OCC(=O)[C@@]3(O)CCC4C5CCC6=CC(=O)C=C[C@]6(C)C5C(=O)C[C@@]43C)cc2[N+](=O)[O-])O[C@H](COC(C)=O)[C@@H](OC(C)=O)[C@@H]1OC(C)=O. The van der Waals surface area contributed by atoms with Gasteiger partial charge in [-0.1, -0.05) is 31.6 Å². The lowest BCUT2D eigenvalue weighted by atomic mass is 9.46. The standard InChI is InChI=1S/C48H60N4O18/c1-25(53)49-41-43(68-28(4)56)42(67-27(3)55)37(23-65-26(2)54)70-44(41)69-36-12-9-29(19-34(36)52(63)64)20-39(60)50(7)17-18-51(8)45(61)66-24-38(59)48(62)16-14-33-32-11-10-30-21-31(57)13-15-46(30,5)40(32)35(58)22-47(33,48)6/h9,12-13,15,19,21,32-33,37,40-44,62H,10-11,14,16-18,20,22-24H2,1-8H3,(H,49,53)/t32?,33?,37-,40?,41-,42-,43-,44-,46+,47+,48+/m1/s1. The zero-order valence-corrected chi connectivity index (χ0v) is 40.4. The van der Waals surface area contributed by atoms with Crippen LogP contribution >= 0.6 is 0 Å². The summed E-state index contributed by atoms with van der Waals surface area (Å²) in [5, 5.41) is 26.9. The molecule has 4 aliphatic carbocycles. The first-order valence-corrected chi connectivity index (χ1v) is 23.0. The van der Waals surface area contributed by atoms with Crippen LogP contribution in [0.4, 0.5) is 10.5 Å². The highest BCUT2D eigenvalue weighted by Gasteiger charge is 2.68. The fourth-order valence-electron chi connectivity index (χ4n) is 11.1. The molecule has 0 radical (unpaired) electrons. The lowest BCUT2D eigenvalue weighted by molar-refractivity contribution is -0.386. The molecule has 3 saturated carbocycles. The van der Waals surface area contributed by atoms with Crippen molar-refractivity contribution in [3.05, 3.63) is 57.7 Å². The highest BCUT2D eigenvalue weighted by atomic mass is 16.7. The maximum absolute atomic E-state index is 14.0. The van der Waals surface area contributed by atoms with E-state index in [2.05, 4.69) is 5.32 Å². The minimum Gasteiger partial charge on any atom is -0.463 e. The number of likely N-dealkylation sites (N-methyl/N-ethyl adjacent to an activating group) is 2. The van der Waals surface area contributed by atoms with Crippen LogP contribution in [0.3, 0.4) is 0 Å². The molecule has 0 aromatic heterocycles. The Labute approximate surface area is 403 Å². The number of esters is 3. The summed E-state index contributed by atoms with van der Waals surface area (Å²) < 4.78 is 33.2. The predicted molar refractivity (Wildman–Crippen MR) is 240 cm³/mol. The van der Waals surface area contributed by atoms with Crippen LogP contribution < -0.4 is 10.1 Å². The molecule has 22 nitrogen and oxygen atoms in total. The average molecular weight is 981 g/mol. The third-order valence-electron chi connectivity index (χ3n) is 14.6. The molecule has 3 unspecified atom stereocenters. The maximum atomic E-state index is 14.0. The average Bonchev–Trinajstić information content (AvgIpc) is 3.55. The van der Waals surface area contributed by atoms with Gasteiger partial charge in [0.05, 0.1) is 11.3 Å². The number of carbonyl (C=O) groups excluding carboxylic acids is 9.